The maximum absolute atomic E-state index is 15.7. The van der Waals surface area contributed by atoms with Gasteiger partial charge in [0.2, 0.25) is 5.91 Å². The van der Waals surface area contributed by atoms with E-state index in [-0.39, 0.29) is 17.0 Å². The number of primary amides is 1. The van der Waals surface area contributed by atoms with Gasteiger partial charge in [0.05, 0.1) is 14.2 Å². The van der Waals surface area contributed by atoms with Crippen molar-refractivity contribution in [2.24, 2.45) is 5.73 Å². The minimum absolute atomic E-state index is 0.0327. The maximum atomic E-state index is 15.7. The van der Waals surface area contributed by atoms with Crippen molar-refractivity contribution in [1.82, 2.24) is 19.3 Å². The minimum Gasteiger partial charge on any atom is -0.497 e. The van der Waals surface area contributed by atoms with Crippen molar-refractivity contribution >= 4 is 23.3 Å². The first-order valence-electron chi connectivity index (χ1n) is 15.2. The second kappa shape index (κ2) is 13.4. The number of methoxy groups -OCH3 is 2. The lowest BCUT2D eigenvalue weighted by atomic mass is 9.84. The summed E-state index contributed by atoms with van der Waals surface area (Å²) < 4.78 is 28.5. The zero-order valence-corrected chi connectivity index (χ0v) is 26.0. The number of nitrogens with two attached hydrogens (primary N) is 1. The molecule has 1 unspecified atom stereocenters. The number of piperidine rings is 1. The fourth-order valence-electron chi connectivity index (χ4n) is 6.38. The summed E-state index contributed by atoms with van der Waals surface area (Å²) in [5, 5.41) is 13.6. The van der Waals surface area contributed by atoms with Gasteiger partial charge in [-0.25, -0.2) is 19.2 Å². The molecule has 1 saturated heterocycles. The lowest BCUT2D eigenvalue weighted by Crippen LogP contribution is -2.48. The number of nitrogens with zero attached hydrogens (tertiary/aromatic N) is 4. The van der Waals surface area contributed by atoms with E-state index in [4.69, 9.17) is 20.2 Å². The summed E-state index contributed by atoms with van der Waals surface area (Å²) in [6.07, 6.45) is 4.19. The number of hydrogen-bond acceptors (Lipinski definition) is 7. The maximum Gasteiger partial charge on any atom is 0.407 e. The number of rotatable bonds is 10. The third-order valence-electron chi connectivity index (χ3n) is 8.68. The molecule has 1 fully saturated rings. The number of nitrogens with one attached hydrogen (secondary N) is 1. The second-order valence-corrected chi connectivity index (χ2v) is 11.4. The van der Waals surface area contributed by atoms with E-state index in [0.717, 1.165) is 17.2 Å². The number of hydrogen-bond donors (Lipinski definition) is 3. The number of imidazole rings is 1. The molecule has 4 N–H and O–H groups in total. The largest absolute Gasteiger partial charge is 0.497 e. The number of amides is 2. The van der Waals surface area contributed by atoms with E-state index in [1.807, 2.05) is 46.9 Å². The number of carboxylic acid groups (broad SMARTS) is 1. The summed E-state index contributed by atoms with van der Waals surface area (Å²) in [6, 6.07) is 18.9. The average Bonchev–Trinajstić information content (AvgIpc) is 3.47. The summed E-state index contributed by atoms with van der Waals surface area (Å²) in [5.41, 5.74) is 8.26. The molecule has 2 amide bonds. The number of carbonyl (C=O) groups is 2. The van der Waals surface area contributed by atoms with Crippen molar-refractivity contribution in [3.05, 3.63) is 107 Å². The molecule has 12 heteroatoms. The van der Waals surface area contributed by atoms with E-state index < -0.39 is 23.9 Å². The molecule has 6 rings (SSSR count). The first-order chi connectivity index (χ1) is 22.8. The molecule has 3 heterocycles. The summed E-state index contributed by atoms with van der Waals surface area (Å²) in [4.78, 5) is 35.5. The molecule has 2 atom stereocenters. The van der Waals surface area contributed by atoms with Crippen LogP contribution in [0.3, 0.4) is 0 Å². The fraction of sp³-hybridized carbons (Fsp3) is 0.257. The quantitative estimate of drug-likeness (QED) is 0.176. The molecule has 0 aliphatic carbocycles. The highest BCUT2D eigenvalue weighted by molar-refractivity contribution is 5.94. The first-order valence-corrected chi connectivity index (χ1v) is 15.2. The molecule has 1 aliphatic rings. The molecule has 0 spiro atoms. The van der Waals surface area contributed by atoms with Crippen molar-refractivity contribution in [3.63, 3.8) is 0 Å². The van der Waals surface area contributed by atoms with E-state index in [1.165, 1.54) is 17.0 Å². The van der Waals surface area contributed by atoms with Gasteiger partial charge in [-0.3, -0.25) is 9.20 Å². The molecule has 1 aliphatic heterocycles. The molecule has 2 aromatic heterocycles. The Bertz CT molecular complexity index is 1930. The molecule has 5 aromatic rings. The molecule has 0 bridgehead atoms. The number of ether oxygens (including phenoxy) is 2. The average molecular weight is 639 g/mol. The molecular weight excluding hydrogens is 603 g/mol. The highest BCUT2D eigenvalue weighted by Crippen LogP contribution is 2.39. The predicted octanol–water partition coefficient (Wildman–Crippen LogP) is 5.73. The van der Waals surface area contributed by atoms with E-state index in [1.54, 1.807) is 32.7 Å². The van der Waals surface area contributed by atoms with Gasteiger partial charge in [-0.05, 0) is 55.2 Å². The van der Waals surface area contributed by atoms with E-state index >= 15 is 4.39 Å². The van der Waals surface area contributed by atoms with Crippen LogP contribution >= 0.6 is 0 Å². The van der Waals surface area contributed by atoms with Crippen LogP contribution in [0, 0.1) is 5.82 Å². The van der Waals surface area contributed by atoms with Gasteiger partial charge in [-0.2, -0.15) is 0 Å². The van der Waals surface area contributed by atoms with Gasteiger partial charge in [0, 0.05) is 60.2 Å². The highest BCUT2D eigenvalue weighted by Gasteiger charge is 2.38. The smallest absolute Gasteiger partial charge is 0.407 e. The van der Waals surface area contributed by atoms with Crippen molar-refractivity contribution < 1.29 is 28.6 Å². The Morgan fingerprint density at radius 2 is 1.89 bits per heavy atom. The van der Waals surface area contributed by atoms with Crippen molar-refractivity contribution in [1.29, 1.82) is 0 Å². The Kier molecular flexibility index (Phi) is 8.92. The standard InChI is InChI=1S/C35H35FN6O5/c1-46-24-12-10-23(29(19-24)47-2)20-39-33-31-30(25-13-11-22(32(37)43)18-27(25)36)40-34(42(31)16-14-38-33)26-9-6-15-41(35(44)45)28(26)17-21-7-4-3-5-8-21/h3-5,7-8,10-14,16,18-19,26,28H,6,9,15,17,20H2,1-2H3,(H2,37,43)(H,38,39)(H,44,45)/t26-,28?/m1/s1. The van der Waals surface area contributed by atoms with Gasteiger partial charge >= 0.3 is 6.09 Å². The van der Waals surface area contributed by atoms with Gasteiger partial charge in [-0.1, -0.05) is 30.3 Å². The van der Waals surface area contributed by atoms with E-state index in [2.05, 4.69) is 10.3 Å². The molecule has 11 nitrogen and oxygen atoms in total. The molecule has 3 aromatic carbocycles. The fourth-order valence-corrected chi connectivity index (χ4v) is 6.38. The zero-order chi connectivity index (χ0) is 33.1. The van der Waals surface area contributed by atoms with Crippen LogP contribution in [0.25, 0.3) is 16.8 Å². The number of likely N-dealkylation sites (tertiary alicyclic amines) is 1. The molecule has 0 saturated carbocycles. The lowest BCUT2D eigenvalue weighted by molar-refractivity contribution is 0.0946. The molecule has 242 valence electrons. The third-order valence-corrected chi connectivity index (χ3v) is 8.68. The van der Waals surface area contributed by atoms with Crippen molar-refractivity contribution in [3.8, 4) is 22.8 Å². The summed E-state index contributed by atoms with van der Waals surface area (Å²) in [5.74, 6) is 0.559. The Morgan fingerprint density at radius 3 is 2.60 bits per heavy atom. The molecular formula is C35H35FN6O5. The van der Waals surface area contributed by atoms with Crippen LogP contribution in [-0.4, -0.2) is 63.2 Å². The summed E-state index contributed by atoms with van der Waals surface area (Å²) >= 11 is 0. The molecule has 0 radical (unpaired) electrons. The predicted molar refractivity (Wildman–Crippen MR) is 174 cm³/mol. The molecule has 47 heavy (non-hydrogen) atoms. The monoisotopic (exact) mass is 638 g/mol. The second-order valence-electron chi connectivity index (χ2n) is 11.4. The van der Waals surface area contributed by atoms with E-state index in [0.29, 0.717) is 66.7 Å². The normalized spacial score (nSPS) is 16.2. The Morgan fingerprint density at radius 1 is 1.09 bits per heavy atom. The first kappa shape index (κ1) is 31.3. The number of fused-ring (bicyclic) bond motifs is 1. The zero-order valence-electron chi connectivity index (χ0n) is 26.0. The van der Waals surface area contributed by atoms with Crippen LogP contribution in [0.4, 0.5) is 15.0 Å². The van der Waals surface area contributed by atoms with Gasteiger partial charge in [0.25, 0.3) is 0 Å². The topological polar surface area (TPSA) is 144 Å². The van der Waals surface area contributed by atoms with Gasteiger partial charge in [0.15, 0.2) is 5.82 Å². The van der Waals surface area contributed by atoms with Gasteiger partial charge < -0.3 is 30.5 Å². The number of anilines is 1. The van der Waals surface area contributed by atoms with Crippen molar-refractivity contribution in [2.75, 3.05) is 26.1 Å². The van der Waals surface area contributed by atoms with Crippen LogP contribution in [0.1, 0.15) is 46.1 Å². The lowest BCUT2D eigenvalue weighted by Gasteiger charge is -2.39. The number of benzene rings is 3. The van der Waals surface area contributed by atoms with Crippen molar-refractivity contribution in [2.45, 2.75) is 37.8 Å². The Hall–Kier alpha value is -5.65. The van der Waals surface area contributed by atoms with Gasteiger partial charge in [0.1, 0.15) is 34.4 Å². The Labute approximate surface area is 270 Å². The highest BCUT2D eigenvalue weighted by atomic mass is 19.1. The number of aromatic nitrogens is 3. The summed E-state index contributed by atoms with van der Waals surface area (Å²) in [6.45, 7) is 0.719. The van der Waals surface area contributed by atoms with Crippen LogP contribution in [0.5, 0.6) is 11.5 Å². The SMILES string of the molecule is COc1ccc(CNc2nccn3c([C@@H]4CCCN(C(=O)O)C4Cc4ccccc4)nc(-c4ccc(C(N)=O)cc4F)c23)c(OC)c1. The van der Waals surface area contributed by atoms with Crippen LogP contribution in [-0.2, 0) is 13.0 Å². The van der Waals surface area contributed by atoms with Crippen LogP contribution < -0.4 is 20.5 Å². The van der Waals surface area contributed by atoms with Crippen LogP contribution in [0.2, 0.25) is 0 Å². The number of halogens is 1. The Balaban J connectivity index is 1.49. The summed E-state index contributed by atoms with van der Waals surface area (Å²) in [7, 11) is 3.16. The minimum atomic E-state index is -0.998. The van der Waals surface area contributed by atoms with Gasteiger partial charge in [-0.15, -0.1) is 0 Å². The third kappa shape index (κ3) is 6.26. The van der Waals surface area contributed by atoms with E-state index in [9.17, 15) is 14.7 Å². The number of carbonyl (C=O) groups excluding carboxylic acids is 1. The van der Waals surface area contributed by atoms with Crippen LogP contribution in [0.15, 0.2) is 79.1 Å².